The van der Waals surface area contributed by atoms with Crippen LogP contribution >= 0.6 is 0 Å². The van der Waals surface area contributed by atoms with E-state index in [-0.39, 0.29) is 18.0 Å². The number of benzene rings is 1. The number of hydrogen-bond acceptors (Lipinski definition) is 5. The van der Waals surface area contributed by atoms with Crippen molar-refractivity contribution < 1.29 is 23.9 Å². The van der Waals surface area contributed by atoms with Gasteiger partial charge in [0.25, 0.3) is 0 Å². The molecule has 0 radical (unpaired) electrons. The second-order valence-electron chi connectivity index (χ2n) is 7.48. The Labute approximate surface area is 165 Å². The quantitative estimate of drug-likeness (QED) is 0.824. The van der Waals surface area contributed by atoms with Crippen LogP contribution in [-0.2, 0) is 9.53 Å². The summed E-state index contributed by atoms with van der Waals surface area (Å²) in [5.41, 5.74) is 0.526. The lowest BCUT2D eigenvalue weighted by molar-refractivity contribution is -0.114. The number of ether oxygens (including phenoxy) is 2. The molecule has 1 aromatic rings. The predicted molar refractivity (Wildman–Crippen MR) is 106 cm³/mol. The van der Waals surface area contributed by atoms with Crippen molar-refractivity contribution in [2.24, 2.45) is 0 Å². The summed E-state index contributed by atoms with van der Waals surface area (Å²) in [6.07, 6.45) is -0.370. The van der Waals surface area contributed by atoms with E-state index in [1.165, 1.54) is 14.0 Å². The molecule has 9 nitrogen and oxygen atoms in total. The normalized spacial score (nSPS) is 14.3. The van der Waals surface area contributed by atoms with Gasteiger partial charge in [-0.15, -0.1) is 0 Å². The second-order valence-corrected chi connectivity index (χ2v) is 7.48. The van der Waals surface area contributed by atoms with Gasteiger partial charge in [0.1, 0.15) is 11.4 Å². The third-order valence-corrected chi connectivity index (χ3v) is 3.98. The molecule has 1 aromatic carbocycles. The smallest absolute Gasteiger partial charge is 0.410 e. The number of rotatable bonds is 3. The molecule has 28 heavy (non-hydrogen) atoms. The Bertz CT molecular complexity index is 736. The number of carbonyl (C=O) groups is 3. The fourth-order valence-electron chi connectivity index (χ4n) is 2.68. The minimum absolute atomic E-state index is 0.210. The number of methoxy groups -OCH3 is 1. The minimum Gasteiger partial charge on any atom is -0.494 e. The molecule has 4 amide bonds. The Morgan fingerprint density at radius 3 is 2.14 bits per heavy atom. The van der Waals surface area contributed by atoms with Crippen LogP contribution in [0.5, 0.6) is 5.75 Å². The van der Waals surface area contributed by atoms with Gasteiger partial charge >= 0.3 is 12.1 Å². The van der Waals surface area contributed by atoms with Crippen molar-refractivity contribution in [3.8, 4) is 5.75 Å². The van der Waals surface area contributed by atoms with Gasteiger partial charge in [0.2, 0.25) is 5.91 Å². The first-order valence-electron chi connectivity index (χ1n) is 9.08. The summed E-state index contributed by atoms with van der Waals surface area (Å²) in [4.78, 5) is 39.1. The van der Waals surface area contributed by atoms with Gasteiger partial charge in [-0.2, -0.15) is 0 Å². The molecule has 0 aromatic heterocycles. The average molecular weight is 392 g/mol. The zero-order valence-corrected chi connectivity index (χ0v) is 17.0. The van der Waals surface area contributed by atoms with Gasteiger partial charge in [-0.25, -0.2) is 9.59 Å². The van der Waals surface area contributed by atoms with Crippen LogP contribution in [0, 0.1) is 0 Å². The second kappa shape index (κ2) is 8.81. The van der Waals surface area contributed by atoms with E-state index in [1.807, 2.05) is 20.8 Å². The Morgan fingerprint density at radius 2 is 1.61 bits per heavy atom. The summed E-state index contributed by atoms with van der Waals surface area (Å²) in [5, 5.41) is 5.47. The number of amides is 4. The van der Waals surface area contributed by atoms with Crippen molar-refractivity contribution in [3.63, 3.8) is 0 Å². The van der Waals surface area contributed by atoms with Crippen LogP contribution < -0.4 is 15.4 Å². The molecule has 1 aliphatic rings. The molecule has 1 saturated heterocycles. The Balaban J connectivity index is 1.92. The predicted octanol–water partition coefficient (Wildman–Crippen LogP) is 2.74. The standard InChI is InChI=1S/C19H28N4O5/c1-13(24)20-15-7-6-14(12-16(15)27-5)21-17(25)22-8-10-23(11-9-22)18(26)28-19(2,3)4/h6-7,12H,8-11H2,1-5H3,(H,20,24)(H,21,25). The van der Waals surface area contributed by atoms with E-state index in [0.717, 1.165) is 0 Å². The highest BCUT2D eigenvalue weighted by Crippen LogP contribution is 2.28. The lowest BCUT2D eigenvalue weighted by Gasteiger charge is -2.35. The third kappa shape index (κ3) is 6.04. The topological polar surface area (TPSA) is 100 Å². The van der Waals surface area contributed by atoms with Gasteiger partial charge in [0, 0.05) is 44.9 Å². The molecular weight excluding hydrogens is 364 g/mol. The van der Waals surface area contributed by atoms with Crippen molar-refractivity contribution in [3.05, 3.63) is 18.2 Å². The average Bonchev–Trinajstić information content (AvgIpc) is 2.61. The summed E-state index contributed by atoms with van der Waals surface area (Å²) < 4.78 is 10.6. The molecule has 2 rings (SSSR count). The van der Waals surface area contributed by atoms with E-state index in [9.17, 15) is 14.4 Å². The fourth-order valence-corrected chi connectivity index (χ4v) is 2.68. The molecule has 0 unspecified atom stereocenters. The van der Waals surface area contributed by atoms with Gasteiger partial charge in [0.05, 0.1) is 12.8 Å². The fraction of sp³-hybridized carbons (Fsp3) is 0.526. The van der Waals surface area contributed by atoms with E-state index in [4.69, 9.17) is 9.47 Å². The summed E-state index contributed by atoms with van der Waals surface area (Å²) in [6, 6.07) is 4.72. The van der Waals surface area contributed by atoms with Crippen LogP contribution in [0.4, 0.5) is 21.0 Å². The van der Waals surface area contributed by atoms with Crippen LogP contribution in [0.2, 0.25) is 0 Å². The highest BCUT2D eigenvalue weighted by atomic mass is 16.6. The van der Waals surface area contributed by atoms with E-state index < -0.39 is 5.60 Å². The minimum atomic E-state index is -0.548. The molecule has 1 fully saturated rings. The van der Waals surface area contributed by atoms with Gasteiger partial charge in [-0.05, 0) is 32.9 Å². The Morgan fingerprint density at radius 1 is 1.00 bits per heavy atom. The van der Waals surface area contributed by atoms with Crippen molar-refractivity contribution in [1.82, 2.24) is 9.80 Å². The van der Waals surface area contributed by atoms with Crippen LogP contribution in [0.25, 0.3) is 0 Å². The lowest BCUT2D eigenvalue weighted by Crippen LogP contribution is -2.52. The van der Waals surface area contributed by atoms with E-state index >= 15 is 0 Å². The van der Waals surface area contributed by atoms with Crippen LogP contribution in [-0.4, -0.2) is 66.7 Å². The molecule has 1 aliphatic heterocycles. The van der Waals surface area contributed by atoms with E-state index in [0.29, 0.717) is 43.3 Å². The zero-order chi connectivity index (χ0) is 20.9. The number of anilines is 2. The molecular formula is C19H28N4O5. The lowest BCUT2D eigenvalue weighted by atomic mass is 10.2. The number of nitrogens with one attached hydrogen (secondary N) is 2. The SMILES string of the molecule is COc1cc(NC(=O)N2CCN(C(=O)OC(C)(C)C)CC2)ccc1NC(C)=O. The molecule has 0 atom stereocenters. The van der Waals surface area contributed by atoms with Crippen molar-refractivity contribution in [2.45, 2.75) is 33.3 Å². The van der Waals surface area contributed by atoms with Gasteiger partial charge in [-0.3, -0.25) is 4.79 Å². The molecule has 2 N–H and O–H groups in total. The highest BCUT2D eigenvalue weighted by molar-refractivity contribution is 5.93. The van der Waals surface area contributed by atoms with Crippen molar-refractivity contribution in [2.75, 3.05) is 43.9 Å². The molecule has 0 aliphatic carbocycles. The molecule has 9 heteroatoms. The summed E-state index contributed by atoms with van der Waals surface area (Å²) in [6.45, 7) is 8.50. The number of carbonyl (C=O) groups excluding carboxylic acids is 3. The molecule has 154 valence electrons. The molecule has 1 heterocycles. The number of hydrogen-bond donors (Lipinski definition) is 2. The summed E-state index contributed by atoms with van der Waals surface area (Å²) in [7, 11) is 1.49. The largest absolute Gasteiger partial charge is 0.494 e. The number of urea groups is 1. The maximum Gasteiger partial charge on any atom is 0.410 e. The maximum absolute atomic E-state index is 12.5. The van der Waals surface area contributed by atoms with Gasteiger partial charge in [-0.1, -0.05) is 0 Å². The third-order valence-electron chi connectivity index (χ3n) is 3.98. The summed E-state index contributed by atoms with van der Waals surface area (Å²) in [5.74, 6) is 0.237. The highest BCUT2D eigenvalue weighted by Gasteiger charge is 2.27. The number of piperazine rings is 1. The van der Waals surface area contributed by atoms with Crippen LogP contribution in [0.15, 0.2) is 18.2 Å². The van der Waals surface area contributed by atoms with Crippen LogP contribution in [0.3, 0.4) is 0 Å². The van der Waals surface area contributed by atoms with Gasteiger partial charge in [0.15, 0.2) is 0 Å². The maximum atomic E-state index is 12.5. The monoisotopic (exact) mass is 392 g/mol. The number of nitrogens with zero attached hydrogens (tertiary/aromatic N) is 2. The molecule has 0 bridgehead atoms. The Hall–Kier alpha value is -2.97. The van der Waals surface area contributed by atoms with E-state index in [2.05, 4.69) is 10.6 Å². The van der Waals surface area contributed by atoms with Crippen molar-refractivity contribution in [1.29, 1.82) is 0 Å². The Kier molecular flexibility index (Phi) is 6.71. The molecule has 0 saturated carbocycles. The summed E-state index contributed by atoms with van der Waals surface area (Å²) >= 11 is 0. The first-order chi connectivity index (χ1) is 13.1. The zero-order valence-electron chi connectivity index (χ0n) is 17.0. The van der Waals surface area contributed by atoms with Crippen LogP contribution in [0.1, 0.15) is 27.7 Å². The molecule has 0 spiro atoms. The first-order valence-corrected chi connectivity index (χ1v) is 9.08. The first kappa shape index (κ1) is 21.3. The van der Waals surface area contributed by atoms with E-state index in [1.54, 1.807) is 28.0 Å². The van der Waals surface area contributed by atoms with Crippen molar-refractivity contribution >= 4 is 29.4 Å². The van der Waals surface area contributed by atoms with Gasteiger partial charge < -0.3 is 29.9 Å².